The number of nitrogens with zero attached hydrogens (tertiary/aromatic N) is 1. The quantitative estimate of drug-likeness (QED) is 0.759. The highest BCUT2D eigenvalue weighted by Gasteiger charge is 2.27. The van der Waals surface area contributed by atoms with Gasteiger partial charge >= 0.3 is 6.03 Å². The number of amides is 2. The van der Waals surface area contributed by atoms with E-state index in [1.807, 2.05) is 43.0 Å². The molecule has 1 heterocycles. The second-order valence-electron chi connectivity index (χ2n) is 6.86. The monoisotopic (exact) mass is 340 g/mol. The molecule has 3 nitrogen and oxygen atoms in total. The molecule has 1 atom stereocenters. The smallest absolute Gasteiger partial charge is 0.317 e. The summed E-state index contributed by atoms with van der Waals surface area (Å²) in [6.07, 6.45) is 3.99. The Bertz CT molecular complexity index is 759. The number of carbonyl (C=O) groups excluding carboxylic acids is 1. The molecule has 2 amide bonds. The zero-order valence-electron chi connectivity index (χ0n) is 14.9. The molecule has 25 heavy (non-hydrogen) atoms. The van der Waals surface area contributed by atoms with E-state index in [0.29, 0.717) is 6.54 Å². The highest BCUT2D eigenvalue weighted by atomic mass is 19.1. The molecule has 0 spiro atoms. The molecule has 3 rings (SSSR count). The molecule has 1 unspecified atom stereocenters. The first kappa shape index (κ1) is 17.5. The van der Waals surface area contributed by atoms with Crippen molar-refractivity contribution in [3.8, 4) is 0 Å². The van der Waals surface area contributed by atoms with Gasteiger partial charge in [-0.1, -0.05) is 37.1 Å². The molecule has 0 radical (unpaired) electrons. The van der Waals surface area contributed by atoms with Gasteiger partial charge in [0.1, 0.15) is 5.82 Å². The number of benzene rings is 2. The number of rotatable bonds is 2. The standard InChI is InChI=1S/C21H25FN2O/c1-15-10-11-16(2)19(13-15)23-21(25)24-12-5-3-4-9-20(24)17-7-6-8-18(22)14-17/h6-8,10-11,13-14,20H,3-5,9,12H2,1-2H3,(H,23,25). The SMILES string of the molecule is Cc1ccc(C)c(NC(=O)N2CCCCCC2c2cccc(F)c2)c1. The first-order chi connectivity index (χ1) is 12.0. The van der Waals surface area contributed by atoms with Crippen LogP contribution in [0.4, 0.5) is 14.9 Å². The van der Waals surface area contributed by atoms with Gasteiger partial charge < -0.3 is 10.2 Å². The molecule has 1 N–H and O–H groups in total. The summed E-state index contributed by atoms with van der Waals surface area (Å²) in [5, 5.41) is 3.06. The molecule has 2 aromatic carbocycles. The Morgan fingerprint density at radius 1 is 1.12 bits per heavy atom. The number of aryl methyl sites for hydroxylation is 2. The minimum absolute atomic E-state index is 0.0803. The first-order valence-corrected chi connectivity index (χ1v) is 8.95. The molecule has 4 heteroatoms. The average Bonchev–Trinajstić information content (AvgIpc) is 2.84. The van der Waals surface area contributed by atoms with Gasteiger partial charge in [-0.2, -0.15) is 0 Å². The Hall–Kier alpha value is -2.36. The van der Waals surface area contributed by atoms with Crippen molar-refractivity contribution in [1.82, 2.24) is 4.90 Å². The van der Waals surface area contributed by atoms with E-state index < -0.39 is 0 Å². The predicted molar refractivity (Wildman–Crippen MR) is 99.2 cm³/mol. The highest BCUT2D eigenvalue weighted by molar-refractivity contribution is 5.90. The fourth-order valence-electron chi connectivity index (χ4n) is 3.47. The predicted octanol–water partition coefficient (Wildman–Crippen LogP) is 5.59. The maximum Gasteiger partial charge on any atom is 0.322 e. The molecule has 2 aromatic rings. The van der Waals surface area contributed by atoms with Crippen LogP contribution in [0.3, 0.4) is 0 Å². The van der Waals surface area contributed by atoms with Crippen LogP contribution in [0.1, 0.15) is 48.4 Å². The highest BCUT2D eigenvalue weighted by Crippen LogP contribution is 2.31. The number of anilines is 1. The van der Waals surface area contributed by atoms with E-state index in [0.717, 1.165) is 48.1 Å². The summed E-state index contributed by atoms with van der Waals surface area (Å²) in [6, 6.07) is 12.5. The third-order valence-electron chi connectivity index (χ3n) is 4.88. The van der Waals surface area contributed by atoms with Gasteiger partial charge in [0.15, 0.2) is 0 Å². The van der Waals surface area contributed by atoms with Gasteiger partial charge in [0, 0.05) is 12.2 Å². The van der Waals surface area contributed by atoms with E-state index in [-0.39, 0.29) is 17.9 Å². The summed E-state index contributed by atoms with van der Waals surface area (Å²) < 4.78 is 13.7. The lowest BCUT2D eigenvalue weighted by Gasteiger charge is -2.31. The minimum Gasteiger partial charge on any atom is -0.317 e. The molecule has 1 aliphatic rings. The number of hydrogen-bond acceptors (Lipinski definition) is 1. The third-order valence-corrected chi connectivity index (χ3v) is 4.88. The van der Waals surface area contributed by atoms with Crippen LogP contribution in [0.15, 0.2) is 42.5 Å². The Morgan fingerprint density at radius 2 is 1.96 bits per heavy atom. The maximum absolute atomic E-state index is 13.7. The summed E-state index contributed by atoms with van der Waals surface area (Å²) in [5.41, 5.74) is 3.86. The molecule has 0 aromatic heterocycles. The molecule has 1 aliphatic heterocycles. The Balaban J connectivity index is 1.85. The fourth-order valence-corrected chi connectivity index (χ4v) is 3.47. The molecule has 1 fully saturated rings. The van der Waals surface area contributed by atoms with Gasteiger partial charge in [0.2, 0.25) is 0 Å². The van der Waals surface area contributed by atoms with Crippen LogP contribution in [-0.2, 0) is 0 Å². The summed E-state index contributed by atoms with van der Waals surface area (Å²) in [6.45, 7) is 4.69. The molecule has 132 valence electrons. The molecule has 0 saturated carbocycles. The molecular formula is C21H25FN2O. The zero-order chi connectivity index (χ0) is 17.8. The van der Waals surface area contributed by atoms with E-state index in [9.17, 15) is 9.18 Å². The van der Waals surface area contributed by atoms with Crippen LogP contribution in [0.25, 0.3) is 0 Å². The minimum atomic E-state index is -0.253. The van der Waals surface area contributed by atoms with E-state index in [4.69, 9.17) is 0 Å². The fraction of sp³-hybridized carbons (Fsp3) is 0.381. The van der Waals surface area contributed by atoms with Crippen LogP contribution in [0.5, 0.6) is 0 Å². The van der Waals surface area contributed by atoms with E-state index >= 15 is 0 Å². The molecule has 1 saturated heterocycles. The average molecular weight is 340 g/mol. The second kappa shape index (κ2) is 7.68. The number of carbonyl (C=O) groups is 1. The van der Waals surface area contributed by atoms with Crippen molar-refractivity contribution in [1.29, 1.82) is 0 Å². The topological polar surface area (TPSA) is 32.3 Å². The number of likely N-dealkylation sites (tertiary alicyclic amines) is 1. The van der Waals surface area contributed by atoms with Crippen molar-refractivity contribution in [2.24, 2.45) is 0 Å². The van der Waals surface area contributed by atoms with Crippen LogP contribution in [0.2, 0.25) is 0 Å². The molecule has 0 aliphatic carbocycles. The maximum atomic E-state index is 13.7. The third kappa shape index (κ3) is 4.19. The van der Waals surface area contributed by atoms with Gasteiger partial charge in [0.05, 0.1) is 6.04 Å². The zero-order valence-corrected chi connectivity index (χ0v) is 14.9. The van der Waals surface area contributed by atoms with Crippen LogP contribution in [-0.4, -0.2) is 17.5 Å². The summed E-state index contributed by atoms with van der Waals surface area (Å²) in [5.74, 6) is -0.253. The van der Waals surface area contributed by atoms with Gasteiger partial charge in [-0.3, -0.25) is 0 Å². The van der Waals surface area contributed by atoms with Crippen molar-refractivity contribution >= 4 is 11.7 Å². The Morgan fingerprint density at radius 3 is 2.76 bits per heavy atom. The summed E-state index contributed by atoms with van der Waals surface area (Å²) in [7, 11) is 0. The second-order valence-corrected chi connectivity index (χ2v) is 6.86. The van der Waals surface area contributed by atoms with Crippen LogP contribution < -0.4 is 5.32 Å². The van der Waals surface area contributed by atoms with Crippen molar-refractivity contribution in [3.63, 3.8) is 0 Å². The largest absolute Gasteiger partial charge is 0.322 e. The van der Waals surface area contributed by atoms with Gasteiger partial charge in [0.25, 0.3) is 0 Å². The number of halogens is 1. The number of nitrogens with one attached hydrogen (secondary N) is 1. The van der Waals surface area contributed by atoms with Crippen molar-refractivity contribution in [3.05, 3.63) is 65.0 Å². The van der Waals surface area contributed by atoms with Gasteiger partial charge in [-0.25, -0.2) is 9.18 Å². The van der Waals surface area contributed by atoms with E-state index in [2.05, 4.69) is 5.32 Å². The Labute approximate surface area is 148 Å². The van der Waals surface area contributed by atoms with Crippen LogP contribution in [0, 0.1) is 19.7 Å². The number of urea groups is 1. The normalized spacial score (nSPS) is 17.9. The van der Waals surface area contributed by atoms with Crippen molar-refractivity contribution in [2.75, 3.05) is 11.9 Å². The lowest BCUT2D eigenvalue weighted by atomic mass is 10.0. The molecular weight excluding hydrogens is 315 g/mol. The number of hydrogen-bond donors (Lipinski definition) is 1. The van der Waals surface area contributed by atoms with Crippen molar-refractivity contribution in [2.45, 2.75) is 45.6 Å². The van der Waals surface area contributed by atoms with Crippen LogP contribution >= 0.6 is 0 Å². The van der Waals surface area contributed by atoms with E-state index in [1.54, 1.807) is 12.1 Å². The Kier molecular flexibility index (Phi) is 5.37. The summed E-state index contributed by atoms with van der Waals surface area (Å²) >= 11 is 0. The van der Waals surface area contributed by atoms with Gasteiger partial charge in [-0.15, -0.1) is 0 Å². The molecule has 0 bridgehead atoms. The van der Waals surface area contributed by atoms with Crippen molar-refractivity contribution < 1.29 is 9.18 Å². The lowest BCUT2D eigenvalue weighted by Crippen LogP contribution is -2.38. The lowest BCUT2D eigenvalue weighted by molar-refractivity contribution is 0.189. The first-order valence-electron chi connectivity index (χ1n) is 8.95. The van der Waals surface area contributed by atoms with E-state index in [1.165, 1.54) is 6.07 Å². The summed E-state index contributed by atoms with van der Waals surface area (Å²) in [4.78, 5) is 14.8. The van der Waals surface area contributed by atoms with Gasteiger partial charge in [-0.05, 0) is 61.6 Å².